The van der Waals surface area contributed by atoms with E-state index in [1.165, 1.54) is 5.56 Å². The van der Waals surface area contributed by atoms with Crippen molar-refractivity contribution < 1.29 is 0 Å². The van der Waals surface area contributed by atoms with E-state index >= 15 is 0 Å². The van der Waals surface area contributed by atoms with Gasteiger partial charge in [0.15, 0.2) is 11.3 Å². The van der Waals surface area contributed by atoms with E-state index < -0.39 is 0 Å². The molecule has 0 unspecified atom stereocenters. The second kappa shape index (κ2) is 5.52. The van der Waals surface area contributed by atoms with Crippen molar-refractivity contribution in [3.05, 3.63) is 63.8 Å². The molecule has 3 aromatic heterocycles. The van der Waals surface area contributed by atoms with E-state index in [-0.39, 0.29) is 5.56 Å². The van der Waals surface area contributed by atoms with Crippen LogP contribution in [0.25, 0.3) is 16.8 Å². The van der Waals surface area contributed by atoms with E-state index in [0.29, 0.717) is 35.6 Å². The highest BCUT2D eigenvalue weighted by Crippen LogP contribution is 2.10. The first kappa shape index (κ1) is 14.5. The first-order chi connectivity index (χ1) is 11.7. The molecule has 1 aromatic carbocycles. The molecule has 4 aromatic rings. The summed E-state index contributed by atoms with van der Waals surface area (Å²) >= 11 is 0. The first-order valence-corrected chi connectivity index (χ1v) is 7.82. The topological polar surface area (TPSA) is 78.0 Å². The zero-order valence-electron chi connectivity index (χ0n) is 13.5. The van der Waals surface area contributed by atoms with Crippen molar-refractivity contribution in [2.75, 3.05) is 0 Å². The largest absolute Gasteiger partial charge is 0.309 e. The van der Waals surface area contributed by atoms with Crippen molar-refractivity contribution in [1.29, 1.82) is 0 Å². The fourth-order valence-corrected chi connectivity index (χ4v) is 2.65. The van der Waals surface area contributed by atoms with Crippen LogP contribution in [-0.2, 0) is 13.0 Å². The average molecular weight is 320 g/mol. The maximum absolute atomic E-state index is 12.7. The van der Waals surface area contributed by atoms with Crippen LogP contribution in [0.15, 0.2) is 41.3 Å². The molecule has 7 nitrogen and oxygen atoms in total. The molecule has 120 valence electrons. The minimum absolute atomic E-state index is 0.184. The van der Waals surface area contributed by atoms with Gasteiger partial charge in [0.2, 0.25) is 0 Å². The van der Waals surface area contributed by atoms with Crippen LogP contribution in [0.1, 0.15) is 23.9 Å². The van der Waals surface area contributed by atoms with E-state index in [9.17, 15) is 4.79 Å². The molecule has 0 aliphatic rings. The molecular weight excluding hydrogens is 304 g/mol. The Bertz CT molecular complexity index is 1090. The molecule has 0 spiro atoms. The lowest BCUT2D eigenvalue weighted by Gasteiger charge is -2.07. The number of benzene rings is 1. The Kier molecular flexibility index (Phi) is 3.34. The molecule has 0 radical (unpaired) electrons. The molecule has 0 atom stereocenters. The number of pyridine rings is 1. The van der Waals surface area contributed by atoms with Crippen LogP contribution in [0.5, 0.6) is 0 Å². The van der Waals surface area contributed by atoms with Crippen LogP contribution in [0.2, 0.25) is 0 Å². The van der Waals surface area contributed by atoms with Crippen LogP contribution in [0.3, 0.4) is 0 Å². The van der Waals surface area contributed by atoms with Gasteiger partial charge in [-0.3, -0.25) is 4.79 Å². The van der Waals surface area contributed by atoms with Crippen molar-refractivity contribution in [2.24, 2.45) is 0 Å². The van der Waals surface area contributed by atoms with Crippen LogP contribution in [-0.4, -0.2) is 29.4 Å². The maximum atomic E-state index is 12.7. The molecule has 0 amide bonds. The molecule has 7 heteroatoms. The summed E-state index contributed by atoms with van der Waals surface area (Å²) in [5.41, 5.74) is 2.99. The number of rotatable bonds is 3. The monoisotopic (exact) mass is 320 g/mol. The van der Waals surface area contributed by atoms with Crippen LogP contribution in [0, 0.1) is 6.92 Å². The van der Waals surface area contributed by atoms with Gasteiger partial charge in [-0.15, -0.1) is 15.3 Å². The van der Waals surface area contributed by atoms with E-state index in [2.05, 4.69) is 20.3 Å². The highest BCUT2D eigenvalue weighted by atomic mass is 16.1. The van der Waals surface area contributed by atoms with E-state index in [1.807, 2.05) is 44.2 Å². The van der Waals surface area contributed by atoms with Crippen LogP contribution in [0.4, 0.5) is 0 Å². The standard InChI is InChI=1S/C17H16N6O/c1-3-14-18-17-20-19-15-13(23(17)21-14)8-9-22(16(15)24)10-12-6-4-11(2)5-7-12/h4-9H,3,10H2,1-2H3. The van der Waals surface area contributed by atoms with Crippen molar-refractivity contribution in [3.63, 3.8) is 0 Å². The summed E-state index contributed by atoms with van der Waals surface area (Å²) in [6, 6.07) is 9.94. The van der Waals surface area contributed by atoms with Crippen molar-refractivity contribution in [2.45, 2.75) is 26.8 Å². The number of hydrogen-bond donors (Lipinski definition) is 0. The molecule has 24 heavy (non-hydrogen) atoms. The lowest BCUT2D eigenvalue weighted by Crippen LogP contribution is -2.22. The minimum atomic E-state index is -0.184. The van der Waals surface area contributed by atoms with E-state index in [0.717, 1.165) is 5.56 Å². The van der Waals surface area contributed by atoms with Crippen molar-refractivity contribution in [1.82, 2.24) is 29.4 Å². The predicted octanol–water partition coefficient (Wildman–Crippen LogP) is 1.75. The fourth-order valence-electron chi connectivity index (χ4n) is 2.65. The average Bonchev–Trinajstić information content (AvgIpc) is 3.03. The molecule has 0 N–H and O–H groups in total. The predicted molar refractivity (Wildman–Crippen MR) is 90.0 cm³/mol. The Morgan fingerprint density at radius 2 is 1.88 bits per heavy atom. The fraction of sp³-hybridized carbons (Fsp3) is 0.235. The number of hydrogen-bond acceptors (Lipinski definition) is 5. The zero-order valence-corrected chi connectivity index (χ0v) is 13.5. The third-order valence-electron chi connectivity index (χ3n) is 4.01. The summed E-state index contributed by atoms with van der Waals surface area (Å²) in [5.74, 6) is 1.09. The van der Waals surface area contributed by atoms with E-state index in [1.54, 1.807) is 15.3 Å². The molecule has 0 aliphatic carbocycles. The number of aryl methyl sites for hydroxylation is 2. The number of nitrogens with zero attached hydrogens (tertiary/aromatic N) is 6. The SMILES string of the molecule is CCc1nc2nnc3c(=O)n(Cc4ccc(C)cc4)ccc3n2n1. The normalized spacial score (nSPS) is 11.4. The molecule has 0 saturated carbocycles. The lowest BCUT2D eigenvalue weighted by molar-refractivity contribution is 0.759. The number of aromatic nitrogens is 6. The summed E-state index contributed by atoms with van der Waals surface area (Å²) in [6.45, 7) is 4.50. The second-order valence-electron chi connectivity index (χ2n) is 5.76. The van der Waals surface area contributed by atoms with Crippen molar-refractivity contribution in [3.8, 4) is 0 Å². The summed E-state index contributed by atoms with van der Waals surface area (Å²) in [6.07, 6.45) is 2.47. The van der Waals surface area contributed by atoms with Crippen LogP contribution >= 0.6 is 0 Å². The second-order valence-corrected chi connectivity index (χ2v) is 5.76. The maximum Gasteiger partial charge on any atom is 0.280 e. The summed E-state index contributed by atoms with van der Waals surface area (Å²) in [5, 5.41) is 12.5. The van der Waals surface area contributed by atoms with Gasteiger partial charge in [0.1, 0.15) is 5.52 Å². The molecule has 0 fully saturated rings. The first-order valence-electron chi connectivity index (χ1n) is 7.82. The van der Waals surface area contributed by atoms with Gasteiger partial charge in [-0.05, 0) is 18.6 Å². The lowest BCUT2D eigenvalue weighted by atomic mass is 10.1. The number of fused-ring (bicyclic) bond motifs is 3. The summed E-state index contributed by atoms with van der Waals surface area (Å²) < 4.78 is 3.21. The molecule has 3 heterocycles. The highest BCUT2D eigenvalue weighted by molar-refractivity contribution is 5.74. The third kappa shape index (κ3) is 2.34. The minimum Gasteiger partial charge on any atom is -0.309 e. The van der Waals surface area contributed by atoms with Gasteiger partial charge in [-0.1, -0.05) is 36.8 Å². The highest BCUT2D eigenvalue weighted by Gasteiger charge is 2.12. The Balaban J connectivity index is 1.84. The van der Waals surface area contributed by atoms with Gasteiger partial charge < -0.3 is 4.57 Å². The van der Waals surface area contributed by atoms with E-state index in [4.69, 9.17) is 0 Å². The van der Waals surface area contributed by atoms with Gasteiger partial charge in [0.25, 0.3) is 11.3 Å². The Labute approximate surface area is 137 Å². The van der Waals surface area contributed by atoms with Gasteiger partial charge in [0, 0.05) is 12.6 Å². The van der Waals surface area contributed by atoms with Gasteiger partial charge in [0.05, 0.1) is 6.54 Å². The Hall–Kier alpha value is -3.09. The van der Waals surface area contributed by atoms with Gasteiger partial charge in [-0.25, -0.2) is 0 Å². The van der Waals surface area contributed by atoms with Crippen molar-refractivity contribution >= 4 is 16.8 Å². The quantitative estimate of drug-likeness (QED) is 0.575. The van der Waals surface area contributed by atoms with Gasteiger partial charge in [-0.2, -0.15) is 9.50 Å². The summed E-state index contributed by atoms with van der Waals surface area (Å²) in [4.78, 5) is 17.0. The molecule has 0 aliphatic heterocycles. The van der Waals surface area contributed by atoms with Gasteiger partial charge >= 0.3 is 0 Å². The van der Waals surface area contributed by atoms with Crippen LogP contribution < -0.4 is 5.56 Å². The molecule has 0 saturated heterocycles. The molecule has 0 bridgehead atoms. The zero-order chi connectivity index (χ0) is 16.7. The molecular formula is C17H16N6O. The Morgan fingerprint density at radius 1 is 1.08 bits per heavy atom. The molecule has 4 rings (SSSR count). The smallest absolute Gasteiger partial charge is 0.280 e. The Morgan fingerprint density at radius 3 is 2.62 bits per heavy atom. The summed E-state index contributed by atoms with van der Waals surface area (Å²) in [7, 11) is 0. The third-order valence-corrected chi connectivity index (χ3v) is 4.01.